The molecule has 1 aliphatic heterocycles. The van der Waals surface area contributed by atoms with Crippen molar-refractivity contribution in [2.45, 2.75) is 55.3 Å². The predicted octanol–water partition coefficient (Wildman–Crippen LogP) is 4.64. The van der Waals surface area contributed by atoms with E-state index in [4.69, 9.17) is 9.72 Å². The quantitative estimate of drug-likeness (QED) is 0.425. The number of carbonyl (C=O) groups excluding carboxylic acids is 1. The van der Waals surface area contributed by atoms with Gasteiger partial charge in [0.05, 0.1) is 29.8 Å². The maximum Gasteiger partial charge on any atom is 0.319 e. The second-order valence-corrected chi connectivity index (χ2v) is 12.7. The Morgan fingerprint density at radius 2 is 1.75 bits per heavy atom. The third-order valence-electron chi connectivity index (χ3n) is 7.03. The van der Waals surface area contributed by atoms with E-state index in [0.717, 1.165) is 12.1 Å². The van der Waals surface area contributed by atoms with E-state index in [9.17, 15) is 22.0 Å². The van der Waals surface area contributed by atoms with Crippen molar-refractivity contribution in [2.75, 3.05) is 30.0 Å². The lowest BCUT2D eigenvalue weighted by molar-refractivity contribution is 0.0985. The van der Waals surface area contributed by atoms with E-state index in [0.29, 0.717) is 48.7 Å². The number of halogens is 2. The minimum Gasteiger partial charge on any atom is -0.377 e. The van der Waals surface area contributed by atoms with Gasteiger partial charge in [-0.1, -0.05) is 0 Å². The Morgan fingerprint density at radius 3 is 2.35 bits per heavy atom. The number of hydrogen-bond donors (Lipinski definition) is 2. The number of amides is 2. The minimum absolute atomic E-state index is 0.0144. The van der Waals surface area contributed by atoms with Crippen LogP contribution in [0.1, 0.15) is 39.3 Å². The van der Waals surface area contributed by atoms with Gasteiger partial charge in [0.25, 0.3) is 0 Å². The molecule has 212 valence electrons. The van der Waals surface area contributed by atoms with Crippen molar-refractivity contribution in [2.24, 2.45) is 0 Å². The Morgan fingerprint density at radius 1 is 1.07 bits per heavy atom. The van der Waals surface area contributed by atoms with Crippen molar-refractivity contribution in [1.82, 2.24) is 15.3 Å². The number of rotatable bonds is 7. The monoisotopic (exact) mass is 571 g/mol. The number of morpholine rings is 1. The van der Waals surface area contributed by atoms with Gasteiger partial charge in [-0.15, -0.1) is 0 Å². The first-order valence-electron chi connectivity index (χ1n) is 13.1. The van der Waals surface area contributed by atoms with Crippen LogP contribution < -0.4 is 15.5 Å². The highest BCUT2D eigenvalue weighted by Crippen LogP contribution is 2.55. The first-order chi connectivity index (χ1) is 19.0. The van der Waals surface area contributed by atoms with E-state index < -0.39 is 31.1 Å². The standard InChI is InChI=1S/C28H31F2N5O4S/c1-17(2)31-27(36)32-22-6-4-19(5-7-22)26-33-24(15-25(34-26)35-10-11-39-16-18(35)3)28(8-9-28)40(37,38)23-13-20(29)12-21(30)14-23/h4-7,12-15,17-18H,8-11,16H2,1-3H3,(H2,31,32,36)/t18-/m0/s1. The summed E-state index contributed by atoms with van der Waals surface area (Å²) in [6.45, 7) is 7.24. The van der Waals surface area contributed by atoms with Crippen LogP contribution in [0.25, 0.3) is 11.4 Å². The normalized spacial score (nSPS) is 18.4. The SMILES string of the molecule is CC(C)NC(=O)Nc1ccc(-c2nc(N3CCOC[C@@H]3C)cc(C3(S(=O)(=O)c4cc(F)cc(F)c4)CC3)n2)cc1. The first kappa shape index (κ1) is 27.9. The zero-order chi connectivity index (χ0) is 28.7. The van der Waals surface area contributed by atoms with E-state index in [-0.39, 0.29) is 36.7 Å². The summed E-state index contributed by atoms with van der Waals surface area (Å²) in [4.78, 5) is 23.2. The Kier molecular flexibility index (Phi) is 7.49. The van der Waals surface area contributed by atoms with Crippen molar-refractivity contribution in [1.29, 1.82) is 0 Å². The summed E-state index contributed by atoms with van der Waals surface area (Å²) in [5, 5.41) is 5.52. The van der Waals surface area contributed by atoms with Gasteiger partial charge in [-0.3, -0.25) is 0 Å². The number of urea groups is 1. The Hall–Kier alpha value is -3.64. The number of aromatic nitrogens is 2. The molecule has 1 atom stereocenters. The Balaban J connectivity index is 1.56. The molecule has 2 aromatic carbocycles. The van der Waals surface area contributed by atoms with E-state index in [1.807, 2.05) is 25.7 Å². The van der Waals surface area contributed by atoms with E-state index in [2.05, 4.69) is 15.6 Å². The highest BCUT2D eigenvalue weighted by Gasteiger charge is 2.58. The molecular formula is C28H31F2N5O4S. The average Bonchev–Trinajstić information content (AvgIpc) is 3.71. The van der Waals surface area contributed by atoms with E-state index in [1.165, 1.54) is 0 Å². The molecule has 3 aromatic rings. The zero-order valence-corrected chi connectivity index (χ0v) is 23.3. The van der Waals surface area contributed by atoms with Crippen LogP contribution in [0.3, 0.4) is 0 Å². The average molecular weight is 572 g/mol. The van der Waals surface area contributed by atoms with Crippen molar-refractivity contribution in [3.05, 3.63) is 65.9 Å². The number of hydrogen-bond acceptors (Lipinski definition) is 7. The largest absolute Gasteiger partial charge is 0.377 e. The molecule has 2 N–H and O–H groups in total. The van der Waals surface area contributed by atoms with Crippen LogP contribution in [0, 0.1) is 11.6 Å². The van der Waals surface area contributed by atoms with Crippen LogP contribution in [0.2, 0.25) is 0 Å². The maximum atomic E-state index is 14.0. The van der Waals surface area contributed by atoms with Gasteiger partial charge in [0.15, 0.2) is 15.7 Å². The zero-order valence-electron chi connectivity index (χ0n) is 22.4. The number of sulfone groups is 1. The van der Waals surface area contributed by atoms with Crippen molar-refractivity contribution in [3.63, 3.8) is 0 Å². The van der Waals surface area contributed by atoms with Crippen LogP contribution in [-0.2, 0) is 19.3 Å². The third kappa shape index (κ3) is 5.50. The summed E-state index contributed by atoms with van der Waals surface area (Å²) >= 11 is 0. The van der Waals surface area contributed by atoms with Gasteiger partial charge in [0.2, 0.25) is 0 Å². The minimum atomic E-state index is -4.18. The first-order valence-corrected chi connectivity index (χ1v) is 14.6. The predicted molar refractivity (Wildman–Crippen MR) is 147 cm³/mol. The number of anilines is 2. The molecule has 1 aliphatic carbocycles. The molecule has 5 rings (SSSR count). The molecule has 2 aliphatic rings. The van der Waals surface area contributed by atoms with Crippen molar-refractivity contribution < 1.29 is 26.7 Å². The van der Waals surface area contributed by atoms with Gasteiger partial charge < -0.3 is 20.3 Å². The summed E-state index contributed by atoms with van der Waals surface area (Å²) in [6.07, 6.45) is 0.520. The smallest absolute Gasteiger partial charge is 0.319 e. The molecule has 0 unspecified atom stereocenters. The molecular weight excluding hydrogens is 540 g/mol. The second-order valence-electron chi connectivity index (χ2n) is 10.5. The van der Waals surface area contributed by atoms with E-state index >= 15 is 0 Å². The number of nitrogens with one attached hydrogen (secondary N) is 2. The molecule has 2 fully saturated rings. The molecule has 1 saturated heterocycles. The lowest BCUT2D eigenvalue weighted by atomic mass is 10.1. The number of ether oxygens (including phenoxy) is 1. The number of nitrogens with zero attached hydrogens (tertiary/aromatic N) is 3. The fraction of sp³-hybridized carbons (Fsp3) is 0.393. The molecule has 12 heteroatoms. The van der Waals surface area contributed by atoms with Crippen molar-refractivity contribution in [3.8, 4) is 11.4 Å². The van der Waals surface area contributed by atoms with Gasteiger partial charge in [0, 0.05) is 36.0 Å². The van der Waals surface area contributed by atoms with Gasteiger partial charge in [0.1, 0.15) is 22.2 Å². The van der Waals surface area contributed by atoms with Gasteiger partial charge in [-0.2, -0.15) is 0 Å². The maximum absolute atomic E-state index is 14.0. The highest BCUT2D eigenvalue weighted by atomic mass is 32.2. The fourth-order valence-electron chi connectivity index (χ4n) is 4.83. The lowest BCUT2D eigenvalue weighted by Crippen LogP contribution is -2.44. The molecule has 0 radical (unpaired) electrons. The number of carbonyl (C=O) groups is 1. The van der Waals surface area contributed by atoms with Gasteiger partial charge >= 0.3 is 6.03 Å². The summed E-state index contributed by atoms with van der Waals surface area (Å²) in [5.41, 5.74) is 1.45. The fourth-order valence-corrected chi connectivity index (χ4v) is 6.83. The van der Waals surface area contributed by atoms with Crippen LogP contribution in [0.5, 0.6) is 0 Å². The molecule has 0 bridgehead atoms. The molecule has 2 amide bonds. The Labute approximate surface area is 231 Å². The van der Waals surface area contributed by atoms with Gasteiger partial charge in [-0.25, -0.2) is 32.0 Å². The topological polar surface area (TPSA) is 114 Å². The number of benzene rings is 2. The van der Waals surface area contributed by atoms with Crippen LogP contribution >= 0.6 is 0 Å². The second kappa shape index (κ2) is 10.7. The molecule has 1 aromatic heterocycles. The highest BCUT2D eigenvalue weighted by molar-refractivity contribution is 7.92. The molecule has 2 heterocycles. The third-order valence-corrected chi connectivity index (χ3v) is 9.53. The lowest BCUT2D eigenvalue weighted by Gasteiger charge is -2.34. The summed E-state index contributed by atoms with van der Waals surface area (Å²) in [6, 6.07) is 10.5. The molecule has 9 nitrogen and oxygen atoms in total. The summed E-state index contributed by atoms with van der Waals surface area (Å²) in [5.74, 6) is -1.08. The van der Waals surface area contributed by atoms with Gasteiger partial charge in [-0.05, 0) is 70.0 Å². The van der Waals surface area contributed by atoms with Crippen LogP contribution in [-0.4, -0.2) is 56.3 Å². The van der Waals surface area contributed by atoms with Crippen LogP contribution in [0.15, 0.2) is 53.4 Å². The van der Waals surface area contributed by atoms with Crippen LogP contribution in [0.4, 0.5) is 25.1 Å². The summed E-state index contributed by atoms with van der Waals surface area (Å²) < 4.78 is 59.7. The molecule has 0 spiro atoms. The molecule has 1 saturated carbocycles. The summed E-state index contributed by atoms with van der Waals surface area (Å²) in [7, 11) is -4.18. The Bertz CT molecular complexity index is 1510. The van der Waals surface area contributed by atoms with Crippen molar-refractivity contribution >= 4 is 27.4 Å². The van der Waals surface area contributed by atoms with E-state index in [1.54, 1.807) is 30.3 Å². The molecule has 40 heavy (non-hydrogen) atoms.